The summed E-state index contributed by atoms with van der Waals surface area (Å²) in [5.74, 6) is 0.309. The van der Waals surface area contributed by atoms with Crippen LogP contribution in [0.3, 0.4) is 0 Å². The van der Waals surface area contributed by atoms with Crippen molar-refractivity contribution in [3.63, 3.8) is 0 Å². The van der Waals surface area contributed by atoms with Crippen molar-refractivity contribution in [2.45, 2.75) is 32.7 Å². The van der Waals surface area contributed by atoms with Crippen molar-refractivity contribution in [2.24, 2.45) is 0 Å². The molecular weight excluding hydrogens is 206 g/mol. The van der Waals surface area contributed by atoms with Crippen LogP contribution in [0.1, 0.15) is 30.2 Å². The highest BCUT2D eigenvalue weighted by Crippen LogP contribution is 2.23. The summed E-state index contributed by atoms with van der Waals surface area (Å²) >= 11 is 1.88. The minimum atomic E-state index is 0.309. The molecule has 0 amide bonds. The maximum Gasteiger partial charge on any atom is 0.129 e. The Morgan fingerprint density at radius 2 is 2.47 bits per heavy atom. The van der Waals surface area contributed by atoms with Gasteiger partial charge in [0.1, 0.15) is 5.78 Å². The van der Waals surface area contributed by atoms with E-state index in [0.29, 0.717) is 5.78 Å². The summed E-state index contributed by atoms with van der Waals surface area (Å²) in [4.78, 5) is 14.8. The molecule has 1 aliphatic rings. The van der Waals surface area contributed by atoms with Gasteiger partial charge >= 0.3 is 0 Å². The molecule has 1 aliphatic heterocycles. The molecule has 0 aromatic carbocycles. The molecule has 0 fully saturated rings. The molecular formula is C12H17NOS. The van der Waals surface area contributed by atoms with E-state index in [1.54, 1.807) is 11.8 Å². The van der Waals surface area contributed by atoms with E-state index >= 15 is 0 Å². The van der Waals surface area contributed by atoms with Gasteiger partial charge in [-0.3, -0.25) is 4.90 Å². The molecule has 0 saturated heterocycles. The van der Waals surface area contributed by atoms with E-state index in [1.807, 2.05) is 11.3 Å². The van der Waals surface area contributed by atoms with E-state index in [4.69, 9.17) is 0 Å². The molecule has 3 heteroatoms. The molecule has 0 radical (unpaired) electrons. The molecule has 0 spiro atoms. The Kier molecular flexibility index (Phi) is 3.54. The summed E-state index contributed by atoms with van der Waals surface area (Å²) in [7, 11) is 0. The first-order valence-corrected chi connectivity index (χ1v) is 6.40. The van der Waals surface area contributed by atoms with Crippen LogP contribution in [0.25, 0.3) is 0 Å². The van der Waals surface area contributed by atoms with Crippen LogP contribution in [-0.4, -0.2) is 23.8 Å². The van der Waals surface area contributed by atoms with Crippen LogP contribution >= 0.6 is 11.3 Å². The zero-order valence-corrected chi connectivity index (χ0v) is 9.98. The van der Waals surface area contributed by atoms with Gasteiger partial charge in [-0.1, -0.05) is 0 Å². The number of carbonyl (C=O) groups excluding carboxylic acids is 1. The van der Waals surface area contributed by atoms with E-state index in [2.05, 4.69) is 16.3 Å². The van der Waals surface area contributed by atoms with Crippen LogP contribution in [-0.2, 0) is 17.8 Å². The van der Waals surface area contributed by atoms with Crippen molar-refractivity contribution in [1.82, 2.24) is 4.90 Å². The predicted octanol–water partition coefficient (Wildman–Crippen LogP) is 2.48. The van der Waals surface area contributed by atoms with Crippen LogP contribution < -0.4 is 0 Å². The summed E-state index contributed by atoms with van der Waals surface area (Å²) in [6.07, 6.45) is 2.93. The first-order chi connectivity index (χ1) is 7.25. The van der Waals surface area contributed by atoms with Gasteiger partial charge in [0.05, 0.1) is 0 Å². The van der Waals surface area contributed by atoms with Crippen molar-refractivity contribution < 1.29 is 4.79 Å². The zero-order chi connectivity index (χ0) is 10.7. The van der Waals surface area contributed by atoms with Gasteiger partial charge in [0.25, 0.3) is 0 Å². The molecule has 0 aliphatic carbocycles. The van der Waals surface area contributed by atoms with E-state index < -0.39 is 0 Å². The van der Waals surface area contributed by atoms with E-state index in [-0.39, 0.29) is 0 Å². The van der Waals surface area contributed by atoms with Crippen LogP contribution in [0.2, 0.25) is 0 Å². The Morgan fingerprint density at radius 1 is 1.60 bits per heavy atom. The SMILES string of the molecule is CC(=O)CCCN1CCc2sccc2C1. The average molecular weight is 223 g/mol. The van der Waals surface area contributed by atoms with Crippen LogP contribution in [0.15, 0.2) is 11.4 Å². The second kappa shape index (κ2) is 4.90. The fraction of sp³-hybridized carbons (Fsp3) is 0.583. The largest absolute Gasteiger partial charge is 0.300 e. The van der Waals surface area contributed by atoms with Gasteiger partial charge in [-0.15, -0.1) is 11.3 Å². The molecule has 0 bridgehead atoms. The molecule has 15 heavy (non-hydrogen) atoms. The van der Waals surface area contributed by atoms with Gasteiger partial charge in [-0.25, -0.2) is 0 Å². The van der Waals surface area contributed by atoms with Gasteiger partial charge in [-0.2, -0.15) is 0 Å². The van der Waals surface area contributed by atoms with Crippen molar-refractivity contribution in [1.29, 1.82) is 0 Å². The first-order valence-electron chi connectivity index (χ1n) is 5.53. The van der Waals surface area contributed by atoms with Crippen LogP contribution in [0, 0.1) is 0 Å². The standard InChI is InChI=1S/C12H17NOS/c1-10(14)3-2-6-13-7-4-12-11(9-13)5-8-15-12/h5,8H,2-4,6-7,9H2,1H3. The maximum atomic E-state index is 10.8. The van der Waals surface area contributed by atoms with Crippen LogP contribution in [0.5, 0.6) is 0 Å². The Labute approximate surface area is 94.9 Å². The smallest absolute Gasteiger partial charge is 0.129 e. The van der Waals surface area contributed by atoms with Gasteiger partial charge in [0, 0.05) is 24.4 Å². The normalized spacial score (nSPS) is 16.3. The van der Waals surface area contributed by atoms with Crippen molar-refractivity contribution in [3.8, 4) is 0 Å². The molecule has 0 N–H and O–H groups in total. The minimum Gasteiger partial charge on any atom is -0.300 e. The lowest BCUT2D eigenvalue weighted by molar-refractivity contribution is -0.117. The van der Waals surface area contributed by atoms with Gasteiger partial charge in [-0.05, 0) is 43.3 Å². The topological polar surface area (TPSA) is 20.3 Å². The number of ketones is 1. The Balaban J connectivity index is 1.80. The molecule has 82 valence electrons. The summed E-state index contributed by atoms with van der Waals surface area (Å²) in [5, 5.41) is 2.18. The quantitative estimate of drug-likeness (QED) is 0.781. The molecule has 0 unspecified atom stereocenters. The number of fused-ring (bicyclic) bond motifs is 1. The fourth-order valence-electron chi connectivity index (χ4n) is 2.05. The lowest BCUT2D eigenvalue weighted by atomic mass is 10.1. The van der Waals surface area contributed by atoms with Crippen molar-refractivity contribution in [2.75, 3.05) is 13.1 Å². The van der Waals surface area contributed by atoms with E-state index in [1.165, 1.54) is 12.0 Å². The van der Waals surface area contributed by atoms with Gasteiger partial charge < -0.3 is 4.79 Å². The molecule has 2 rings (SSSR count). The lowest BCUT2D eigenvalue weighted by Crippen LogP contribution is -2.30. The molecule has 1 aromatic rings. The zero-order valence-electron chi connectivity index (χ0n) is 9.16. The number of nitrogens with zero attached hydrogens (tertiary/aromatic N) is 1. The summed E-state index contributed by atoms with van der Waals surface area (Å²) in [6.45, 7) is 4.98. The molecule has 0 atom stereocenters. The number of carbonyl (C=O) groups is 1. The van der Waals surface area contributed by atoms with Crippen molar-refractivity contribution >= 4 is 17.1 Å². The second-order valence-corrected chi connectivity index (χ2v) is 5.20. The second-order valence-electron chi connectivity index (χ2n) is 4.20. The van der Waals surface area contributed by atoms with E-state index in [0.717, 1.165) is 32.5 Å². The third-order valence-corrected chi connectivity index (χ3v) is 3.91. The van der Waals surface area contributed by atoms with Gasteiger partial charge in [0.15, 0.2) is 0 Å². The number of rotatable bonds is 4. The first kappa shape index (κ1) is 10.8. The highest BCUT2D eigenvalue weighted by Gasteiger charge is 2.16. The predicted molar refractivity (Wildman–Crippen MR) is 63.2 cm³/mol. The molecule has 2 nitrogen and oxygen atoms in total. The monoisotopic (exact) mass is 223 g/mol. The Hall–Kier alpha value is -0.670. The average Bonchev–Trinajstić information content (AvgIpc) is 2.64. The molecule has 2 heterocycles. The lowest BCUT2D eigenvalue weighted by Gasteiger charge is -2.26. The maximum absolute atomic E-state index is 10.8. The Bertz CT molecular complexity index is 345. The number of Topliss-reactive ketones (excluding diaryl/α,β-unsaturated/α-hetero) is 1. The minimum absolute atomic E-state index is 0.309. The summed E-state index contributed by atoms with van der Waals surface area (Å²) < 4.78 is 0. The summed E-state index contributed by atoms with van der Waals surface area (Å²) in [6, 6.07) is 2.23. The Morgan fingerprint density at radius 3 is 3.27 bits per heavy atom. The van der Waals surface area contributed by atoms with Crippen LogP contribution in [0.4, 0.5) is 0 Å². The highest BCUT2D eigenvalue weighted by molar-refractivity contribution is 7.10. The van der Waals surface area contributed by atoms with Gasteiger partial charge in [0.2, 0.25) is 0 Å². The van der Waals surface area contributed by atoms with E-state index in [9.17, 15) is 4.79 Å². The molecule has 0 saturated carbocycles. The number of thiophene rings is 1. The highest BCUT2D eigenvalue weighted by atomic mass is 32.1. The summed E-state index contributed by atoms with van der Waals surface area (Å²) in [5.41, 5.74) is 1.49. The number of hydrogen-bond acceptors (Lipinski definition) is 3. The third-order valence-electron chi connectivity index (χ3n) is 2.89. The fourth-order valence-corrected chi connectivity index (χ4v) is 2.94. The molecule has 1 aromatic heterocycles. The van der Waals surface area contributed by atoms with Crippen molar-refractivity contribution in [3.05, 3.63) is 21.9 Å². The third kappa shape index (κ3) is 2.89. The number of hydrogen-bond donors (Lipinski definition) is 0.